The highest BCUT2D eigenvalue weighted by atomic mass is 32.1. The monoisotopic (exact) mass is 258 g/mol. The summed E-state index contributed by atoms with van der Waals surface area (Å²) >= 11 is 1.31. The predicted octanol–water partition coefficient (Wildman–Crippen LogP) is 2.71. The van der Waals surface area contributed by atoms with Gasteiger partial charge in [0, 0.05) is 17.7 Å². The normalized spacial score (nSPS) is 13.7. The van der Waals surface area contributed by atoms with Gasteiger partial charge >= 0.3 is 0 Å². The number of thiazole rings is 1. The van der Waals surface area contributed by atoms with Crippen LogP contribution >= 0.6 is 11.3 Å². The number of hydrogen-bond acceptors (Lipinski definition) is 5. The average Bonchev–Trinajstić information content (AvgIpc) is 2.81. The van der Waals surface area contributed by atoms with Gasteiger partial charge in [-0.1, -0.05) is 13.8 Å². The molecule has 2 heterocycles. The van der Waals surface area contributed by atoms with Crippen molar-refractivity contribution < 1.29 is 9.59 Å². The molecule has 1 aliphatic carbocycles. The van der Waals surface area contributed by atoms with Gasteiger partial charge < -0.3 is 0 Å². The van der Waals surface area contributed by atoms with Crippen molar-refractivity contribution >= 4 is 22.9 Å². The summed E-state index contributed by atoms with van der Waals surface area (Å²) in [6.45, 7) is 4.03. The SMILES string of the molecule is CC(C)c1nc2c(s1)C(=O)C(=O)c1ncccc1-2. The van der Waals surface area contributed by atoms with Gasteiger partial charge in [-0.2, -0.15) is 0 Å². The van der Waals surface area contributed by atoms with Crippen molar-refractivity contribution in [1.29, 1.82) is 0 Å². The fourth-order valence-corrected chi connectivity index (χ4v) is 2.93. The van der Waals surface area contributed by atoms with E-state index in [0.29, 0.717) is 16.1 Å². The van der Waals surface area contributed by atoms with Crippen LogP contribution in [0.5, 0.6) is 0 Å². The van der Waals surface area contributed by atoms with Crippen molar-refractivity contribution in [3.63, 3.8) is 0 Å². The van der Waals surface area contributed by atoms with Crippen LogP contribution in [0.2, 0.25) is 0 Å². The van der Waals surface area contributed by atoms with Gasteiger partial charge in [-0.05, 0) is 12.1 Å². The topological polar surface area (TPSA) is 59.9 Å². The molecule has 0 radical (unpaired) electrons. The Morgan fingerprint density at radius 1 is 1.17 bits per heavy atom. The lowest BCUT2D eigenvalue weighted by molar-refractivity contribution is 0.0814. The average molecular weight is 258 g/mol. The molecule has 0 amide bonds. The van der Waals surface area contributed by atoms with Crippen LogP contribution in [0.4, 0.5) is 0 Å². The molecule has 2 aromatic rings. The van der Waals surface area contributed by atoms with Crippen LogP contribution in [0.3, 0.4) is 0 Å². The lowest BCUT2D eigenvalue weighted by Gasteiger charge is -2.10. The number of carbonyl (C=O) groups excluding carboxylic acids is 2. The summed E-state index contributed by atoms with van der Waals surface area (Å²) in [6, 6.07) is 3.54. The third kappa shape index (κ3) is 1.44. The van der Waals surface area contributed by atoms with Gasteiger partial charge in [-0.3, -0.25) is 14.6 Å². The van der Waals surface area contributed by atoms with Crippen LogP contribution in [-0.2, 0) is 0 Å². The van der Waals surface area contributed by atoms with Gasteiger partial charge in [0.2, 0.25) is 5.78 Å². The van der Waals surface area contributed by atoms with Crippen molar-refractivity contribution in [3.8, 4) is 11.3 Å². The summed E-state index contributed by atoms with van der Waals surface area (Å²) in [7, 11) is 0. The Kier molecular flexibility index (Phi) is 2.38. The summed E-state index contributed by atoms with van der Waals surface area (Å²) < 4.78 is 0. The van der Waals surface area contributed by atoms with Crippen LogP contribution in [0.15, 0.2) is 18.3 Å². The van der Waals surface area contributed by atoms with E-state index >= 15 is 0 Å². The second kappa shape index (κ2) is 3.81. The fraction of sp³-hybridized carbons (Fsp3) is 0.231. The third-order valence-corrected chi connectivity index (χ3v) is 4.18. The second-order valence-corrected chi connectivity index (χ2v) is 5.47. The van der Waals surface area contributed by atoms with E-state index < -0.39 is 11.6 Å². The Morgan fingerprint density at radius 3 is 2.67 bits per heavy atom. The number of hydrogen-bond donors (Lipinski definition) is 0. The molecule has 0 saturated carbocycles. The first-order valence-corrected chi connectivity index (χ1v) is 6.46. The van der Waals surface area contributed by atoms with Crippen molar-refractivity contribution in [2.75, 3.05) is 0 Å². The highest BCUT2D eigenvalue weighted by molar-refractivity contribution is 7.15. The van der Waals surface area contributed by atoms with Crippen molar-refractivity contribution in [1.82, 2.24) is 9.97 Å². The molecular weight excluding hydrogens is 248 g/mol. The van der Waals surface area contributed by atoms with E-state index in [2.05, 4.69) is 9.97 Å². The van der Waals surface area contributed by atoms with E-state index in [1.807, 2.05) is 13.8 Å². The Balaban J connectivity index is 2.31. The van der Waals surface area contributed by atoms with E-state index in [1.165, 1.54) is 17.5 Å². The minimum atomic E-state index is -0.531. The quantitative estimate of drug-likeness (QED) is 0.738. The van der Waals surface area contributed by atoms with Crippen molar-refractivity contribution in [2.45, 2.75) is 19.8 Å². The maximum Gasteiger partial charge on any atom is 0.253 e. The Morgan fingerprint density at radius 2 is 1.94 bits per heavy atom. The number of carbonyl (C=O) groups is 2. The molecule has 0 saturated heterocycles. The molecule has 0 unspecified atom stereocenters. The minimum absolute atomic E-state index is 0.218. The molecule has 3 rings (SSSR count). The van der Waals surface area contributed by atoms with Crippen LogP contribution in [0.1, 0.15) is 44.9 Å². The van der Waals surface area contributed by atoms with E-state index in [0.717, 1.165) is 5.01 Å². The molecular formula is C13H10N2O2S. The molecule has 0 N–H and O–H groups in total. The van der Waals surface area contributed by atoms with Gasteiger partial charge in [0.25, 0.3) is 5.78 Å². The van der Waals surface area contributed by atoms with Gasteiger partial charge in [0.05, 0.1) is 10.7 Å². The molecule has 18 heavy (non-hydrogen) atoms. The summed E-state index contributed by atoms with van der Waals surface area (Å²) in [5.41, 5.74) is 1.49. The number of Topliss-reactive ketones (excluding diaryl/α,β-unsaturated/α-hetero) is 2. The molecule has 1 aliphatic rings. The van der Waals surface area contributed by atoms with E-state index in [-0.39, 0.29) is 11.6 Å². The Hall–Kier alpha value is -1.88. The fourth-order valence-electron chi connectivity index (χ4n) is 1.91. The standard InChI is InChI=1S/C13H10N2O2S/c1-6(2)13-15-9-7-4-3-5-14-8(7)10(16)11(17)12(9)18-13/h3-6H,1-2H3. The number of ketones is 2. The van der Waals surface area contributed by atoms with E-state index in [9.17, 15) is 9.59 Å². The Bertz CT molecular complexity index is 673. The second-order valence-electron chi connectivity index (χ2n) is 4.44. The number of nitrogens with zero attached hydrogens (tertiary/aromatic N) is 2. The summed E-state index contributed by atoms with van der Waals surface area (Å²) in [4.78, 5) is 32.8. The first-order chi connectivity index (χ1) is 8.59. The molecule has 4 nitrogen and oxygen atoms in total. The molecule has 90 valence electrons. The highest BCUT2D eigenvalue weighted by Gasteiger charge is 2.34. The summed E-state index contributed by atoms with van der Waals surface area (Å²) in [5, 5.41) is 0.873. The zero-order chi connectivity index (χ0) is 12.9. The molecule has 0 fully saturated rings. The van der Waals surface area contributed by atoms with Crippen molar-refractivity contribution in [2.24, 2.45) is 0 Å². The van der Waals surface area contributed by atoms with Crippen LogP contribution in [-0.4, -0.2) is 21.5 Å². The first-order valence-electron chi connectivity index (χ1n) is 5.64. The largest absolute Gasteiger partial charge is 0.284 e. The number of rotatable bonds is 1. The van der Waals surface area contributed by atoms with Gasteiger partial charge in [0.1, 0.15) is 10.6 Å². The summed E-state index contributed by atoms with van der Waals surface area (Å²) in [6.07, 6.45) is 1.52. The van der Waals surface area contributed by atoms with Gasteiger partial charge in [0.15, 0.2) is 0 Å². The minimum Gasteiger partial charge on any atom is -0.284 e. The van der Waals surface area contributed by atoms with Crippen LogP contribution < -0.4 is 0 Å². The maximum atomic E-state index is 12.0. The molecule has 0 atom stereocenters. The summed E-state index contributed by atoms with van der Waals surface area (Å²) in [5.74, 6) is -0.777. The van der Waals surface area contributed by atoms with Crippen LogP contribution in [0.25, 0.3) is 11.3 Å². The van der Waals surface area contributed by atoms with Crippen LogP contribution in [0, 0.1) is 0 Å². The molecule has 0 aromatic carbocycles. The molecule has 0 aliphatic heterocycles. The van der Waals surface area contributed by atoms with Crippen molar-refractivity contribution in [3.05, 3.63) is 33.9 Å². The van der Waals surface area contributed by atoms with E-state index in [1.54, 1.807) is 12.1 Å². The number of fused-ring (bicyclic) bond motifs is 3. The zero-order valence-electron chi connectivity index (χ0n) is 9.93. The molecule has 2 aromatic heterocycles. The Labute approximate surface area is 108 Å². The zero-order valence-corrected chi connectivity index (χ0v) is 10.7. The van der Waals surface area contributed by atoms with Gasteiger partial charge in [-0.15, -0.1) is 11.3 Å². The lowest BCUT2D eigenvalue weighted by Crippen LogP contribution is -2.21. The van der Waals surface area contributed by atoms with Gasteiger partial charge in [-0.25, -0.2) is 4.98 Å². The first kappa shape index (κ1) is 11.2. The third-order valence-electron chi connectivity index (χ3n) is 2.83. The number of pyridine rings is 1. The lowest BCUT2D eigenvalue weighted by atomic mass is 9.96. The number of aromatic nitrogens is 2. The van der Waals surface area contributed by atoms with E-state index in [4.69, 9.17) is 0 Å². The smallest absolute Gasteiger partial charge is 0.253 e. The molecule has 0 bridgehead atoms. The maximum absolute atomic E-state index is 12.0. The highest BCUT2D eigenvalue weighted by Crippen LogP contribution is 2.37. The molecule has 0 spiro atoms. The predicted molar refractivity (Wildman–Crippen MR) is 68.1 cm³/mol. The molecule has 5 heteroatoms.